The first-order chi connectivity index (χ1) is 15.7. The molecule has 6 nitrogen and oxygen atoms in total. The summed E-state index contributed by atoms with van der Waals surface area (Å²) in [4.78, 5) is 33.6. The first-order valence-electron chi connectivity index (χ1n) is 10.5. The molecule has 0 bridgehead atoms. The molecule has 5 rings (SSSR count). The summed E-state index contributed by atoms with van der Waals surface area (Å²) in [5.41, 5.74) is 2.67. The zero-order valence-corrected chi connectivity index (χ0v) is 18.5. The molecule has 162 valence electrons. The minimum atomic E-state index is -0.286. The van der Waals surface area contributed by atoms with E-state index in [2.05, 4.69) is 21.9 Å². The third kappa shape index (κ3) is 3.54. The molecular formula is C25H23N3O3S. The largest absolute Gasteiger partial charge is 0.497 e. The number of nitrogens with zero attached hydrogens (tertiary/aromatic N) is 3. The van der Waals surface area contributed by atoms with Crippen molar-refractivity contribution in [1.82, 2.24) is 4.90 Å². The van der Waals surface area contributed by atoms with Gasteiger partial charge in [-0.15, -0.1) is 11.3 Å². The van der Waals surface area contributed by atoms with Crippen LogP contribution in [0.2, 0.25) is 0 Å². The fraction of sp³-hybridized carbons (Fsp3) is 0.200. The average molecular weight is 446 g/mol. The predicted octanol–water partition coefficient (Wildman–Crippen LogP) is 3.86. The Kier molecular flexibility index (Phi) is 5.41. The smallest absolute Gasteiger partial charge is 0.282 e. The number of carbonyl (C=O) groups excluding carboxylic acids is 2. The quantitative estimate of drug-likeness (QED) is 0.558. The van der Waals surface area contributed by atoms with E-state index < -0.39 is 0 Å². The van der Waals surface area contributed by atoms with Gasteiger partial charge in [0.2, 0.25) is 0 Å². The van der Waals surface area contributed by atoms with Gasteiger partial charge in [0.25, 0.3) is 11.8 Å². The van der Waals surface area contributed by atoms with Gasteiger partial charge >= 0.3 is 0 Å². The standard InChI is InChI=1S/C25H23N3O3S/c1-31-20-10-5-9-19(17-20)28-24(29)22(21-11-6-16-32-21)23(25(28)30)27-14-12-26(13-15-27)18-7-3-2-4-8-18/h2-11,16-17H,12-15H2,1H3. The lowest BCUT2D eigenvalue weighted by atomic mass is 10.1. The van der Waals surface area contributed by atoms with Crippen molar-refractivity contribution in [2.75, 3.05) is 43.1 Å². The number of carbonyl (C=O) groups is 2. The van der Waals surface area contributed by atoms with E-state index in [9.17, 15) is 9.59 Å². The van der Waals surface area contributed by atoms with E-state index in [4.69, 9.17) is 4.74 Å². The number of hydrogen-bond donors (Lipinski definition) is 0. The van der Waals surface area contributed by atoms with Gasteiger partial charge in [-0.2, -0.15) is 0 Å². The minimum Gasteiger partial charge on any atom is -0.497 e. The molecule has 1 aromatic heterocycles. The summed E-state index contributed by atoms with van der Waals surface area (Å²) in [7, 11) is 1.57. The number of rotatable bonds is 5. The van der Waals surface area contributed by atoms with E-state index in [0.717, 1.165) is 18.0 Å². The number of piperazine rings is 1. The van der Waals surface area contributed by atoms with Crippen molar-refractivity contribution < 1.29 is 14.3 Å². The van der Waals surface area contributed by atoms with Gasteiger partial charge in [-0.25, -0.2) is 4.90 Å². The Hall–Kier alpha value is -3.58. The number of anilines is 2. The van der Waals surface area contributed by atoms with Gasteiger partial charge in [0.15, 0.2) is 0 Å². The maximum atomic E-state index is 13.6. The van der Waals surface area contributed by atoms with Gasteiger partial charge in [0.05, 0.1) is 18.4 Å². The molecule has 0 radical (unpaired) electrons. The fourth-order valence-corrected chi connectivity index (χ4v) is 5.03. The molecule has 2 amide bonds. The van der Waals surface area contributed by atoms with Gasteiger partial charge in [-0.05, 0) is 35.7 Å². The maximum Gasteiger partial charge on any atom is 0.282 e. The molecule has 1 saturated heterocycles. The number of hydrogen-bond acceptors (Lipinski definition) is 6. The normalized spacial score (nSPS) is 16.8. The van der Waals surface area contributed by atoms with Crippen LogP contribution in [0.25, 0.3) is 5.57 Å². The van der Waals surface area contributed by atoms with Crippen LogP contribution in [0.4, 0.5) is 11.4 Å². The zero-order chi connectivity index (χ0) is 22.1. The lowest BCUT2D eigenvalue weighted by molar-refractivity contribution is -0.120. The van der Waals surface area contributed by atoms with E-state index in [0.29, 0.717) is 35.8 Å². The van der Waals surface area contributed by atoms with Crippen LogP contribution in [-0.4, -0.2) is 50.0 Å². The molecule has 2 aromatic carbocycles. The molecule has 0 spiro atoms. The van der Waals surface area contributed by atoms with Gasteiger partial charge < -0.3 is 14.5 Å². The molecule has 0 aliphatic carbocycles. The zero-order valence-electron chi connectivity index (χ0n) is 17.7. The Morgan fingerprint density at radius 1 is 0.781 bits per heavy atom. The van der Waals surface area contributed by atoms with Crippen LogP contribution in [0, 0.1) is 0 Å². The molecule has 7 heteroatoms. The van der Waals surface area contributed by atoms with Crippen LogP contribution < -0.4 is 14.5 Å². The number of amides is 2. The fourth-order valence-electron chi connectivity index (χ4n) is 4.27. The Balaban J connectivity index is 1.47. The highest BCUT2D eigenvalue weighted by molar-refractivity contribution is 7.11. The lowest BCUT2D eigenvalue weighted by Crippen LogP contribution is -2.47. The number of benzene rings is 2. The van der Waals surface area contributed by atoms with Crippen LogP contribution >= 0.6 is 11.3 Å². The first kappa shape index (κ1) is 20.3. The highest BCUT2D eigenvalue weighted by Crippen LogP contribution is 2.37. The maximum absolute atomic E-state index is 13.6. The van der Waals surface area contributed by atoms with Gasteiger partial charge in [0.1, 0.15) is 11.4 Å². The topological polar surface area (TPSA) is 53.1 Å². The van der Waals surface area contributed by atoms with Crippen molar-refractivity contribution in [2.24, 2.45) is 0 Å². The predicted molar refractivity (Wildman–Crippen MR) is 127 cm³/mol. The molecule has 0 unspecified atom stereocenters. The molecule has 2 aliphatic heterocycles. The second-order valence-electron chi connectivity index (χ2n) is 7.66. The van der Waals surface area contributed by atoms with Crippen LogP contribution in [-0.2, 0) is 9.59 Å². The lowest BCUT2D eigenvalue weighted by Gasteiger charge is -2.37. The third-order valence-electron chi connectivity index (χ3n) is 5.86. The van der Waals surface area contributed by atoms with Crippen LogP contribution in [0.15, 0.2) is 77.8 Å². The molecule has 0 saturated carbocycles. The number of imide groups is 1. The summed E-state index contributed by atoms with van der Waals surface area (Å²) in [6.45, 7) is 2.91. The molecule has 1 fully saturated rings. The summed E-state index contributed by atoms with van der Waals surface area (Å²) in [6, 6.07) is 21.1. The van der Waals surface area contributed by atoms with Crippen molar-refractivity contribution in [3.63, 3.8) is 0 Å². The Labute approximate surface area is 190 Å². The van der Waals surface area contributed by atoms with E-state index in [1.807, 2.05) is 35.7 Å². The summed E-state index contributed by atoms with van der Waals surface area (Å²) >= 11 is 1.48. The molecule has 3 aromatic rings. The second kappa shape index (κ2) is 8.51. The Morgan fingerprint density at radius 3 is 2.19 bits per heavy atom. The van der Waals surface area contributed by atoms with Crippen LogP contribution in [0.3, 0.4) is 0 Å². The van der Waals surface area contributed by atoms with E-state index in [-0.39, 0.29) is 11.8 Å². The monoisotopic (exact) mass is 445 g/mol. The van der Waals surface area contributed by atoms with E-state index >= 15 is 0 Å². The van der Waals surface area contributed by atoms with E-state index in [1.165, 1.54) is 21.9 Å². The van der Waals surface area contributed by atoms with Crippen molar-refractivity contribution >= 4 is 40.1 Å². The molecule has 3 heterocycles. The Bertz CT molecular complexity index is 1170. The van der Waals surface area contributed by atoms with Crippen molar-refractivity contribution in [2.45, 2.75) is 0 Å². The number of para-hydroxylation sites is 1. The average Bonchev–Trinajstić information content (AvgIpc) is 3.45. The van der Waals surface area contributed by atoms with Gasteiger partial charge in [-0.1, -0.05) is 30.3 Å². The molecule has 0 atom stereocenters. The SMILES string of the molecule is COc1cccc(N2C(=O)C(c3cccs3)=C(N3CCN(c4ccccc4)CC3)C2=O)c1. The highest BCUT2D eigenvalue weighted by atomic mass is 32.1. The van der Waals surface area contributed by atoms with E-state index in [1.54, 1.807) is 31.4 Å². The summed E-state index contributed by atoms with van der Waals surface area (Å²) < 4.78 is 5.30. The highest BCUT2D eigenvalue weighted by Gasteiger charge is 2.43. The van der Waals surface area contributed by atoms with Crippen molar-refractivity contribution in [3.05, 3.63) is 82.7 Å². The number of methoxy groups -OCH3 is 1. The first-order valence-corrected chi connectivity index (χ1v) is 11.4. The summed E-state index contributed by atoms with van der Waals surface area (Å²) in [5.74, 6) is 0.0386. The van der Waals surface area contributed by atoms with Crippen molar-refractivity contribution in [3.8, 4) is 5.75 Å². The number of thiophene rings is 1. The Morgan fingerprint density at radius 2 is 1.50 bits per heavy atom. The second-order valence-corrected chi connectivity index (χ2v) is 8.61. The van der Waals surface area contributed by atoms with Crippen LogP contribution in [0.1, 0.15) is 4.88 Å². The summed E-state index contributed by atoms with van der Waals surface area (Å²) in [5, 5.41) is 1.93. The molecular weight excluding hydrogens is 422 g/mol. The molecule has 0 N–H and O–H groups in total. The van der Waals surface area contributed by atoms with Crippen molar-refractivity contribution in [1.29, 1.82) is 0 Å². The van der Waals surface area contributed by atoms with Gasteiger partial charge in [-0.3, -0.25) is 9.59 Å². The molecule has 2 aliphatic rings. The minimum absolute atomic E-state index is 0.278. The molecule has 32 heavy (non-hydrogen) atoms. The number of ether oxygens (including phenoxy) is 1. The summed E-state index contributed by atoms with van der Waals surface area (Å²) in [6.07, 6.45) is 0. The van der Waals surface area contributed by atoms with Gasteiger partial charge in [0, 0.05) is 42.8 Å². The third-order valence-corrected chi connectivity index (χ3v) is 6.74. The van der Waals surface area contributed by atoms with Crippen LogP contribution in [0.5, 0.6) is 5.75 Å².